The highest BCUT2D eigenvalue weighted by Crippen LogP contribution is 2.39. The number of nitrogens with one attached hydrogen (secondary N) is 1. The Morgan fingerprint density at radius 3 is 2.07 bits per heavy atom. The van der Waals surface area contributed by atoms with Crippen LogP contribution in [-0.2, 0) is 0 Å². The van der Waals surface area contributed by atoms with Crippen molar-refractivity contribution in [1.82, 2.24) is 5.32 Å². The van der Waals surface area contributed by atoms with Crippen LogP contribution in [-0.4, -0.2) is 40.0 Å². The Labute approximate surface area is 170 Å². The standard InChI is InChI=1S/C20H19F3N2O5/c1-27-16-8-13(9-17(28-2)18(16)29-3)15(10-24)25-19(26)12-4-6-14(7-5-12)30-11-20(21,22)23/h4-9,15H,11H2,1-3H3,(H,25,26). The van der Waals surface area contributed by atoms with E-state index < -0.39 is 24.7 Å². The molecular formula is C20H19F3N2O5. The first-order valence-corrected chi connectivity index (χ1v) is 8.52. The number of hydrogen-bond donors (Lipinski definition) is 1. The molecule has 0 radical (unpaired) electrons. The first kappa shape index (κ1) is 22.7. The summed E-state index contributed by atoms with van der Waals surface area (Å²) in [6, 6.07) is 9.06. The van der Waals surface area contributed by atoms with E-state index in [2.05, 4.69) is 10.1 Å². The molecule has 0 bridgehead atoms. The normalized spacial score (nSPS) is 11.8. The van der Waals surface area contributed by atoms with Crippen LogP contribution in [0.3, 0.4) is 0 Å². The summed E-state index contributed by atoms with van der Waals surface area (Å²) in [6.45, 7) is -1.43. The lowest BCUT2D eigenvalue weighted by molar-refractivity contribution is -0.153. The fourth-order valence-electron chi connectivity index (χ4n) is 2.54. The zero-order chi connectivity index (χ0) is 22.3. The van der Waals surface area contributed by atoms with Gasteiger partial charge in [-0.2, -0.15) is 18.4 Å². The molecule has 160 valence electrons. The summed E-state index contributed by atoms with van der Waals surface area (Å²) in [5.74, 6) is 0.323. The maximum atomic E-state index is 12.5. The molecule has 0 heterocycles. The Bertz CT molecular complexity index is 899. The van der Waals surface area contributed by atoms with E-state index in [1.54, 1.807) is 0 Å². The summed E-state index contributed by atoms with van der Waals surface area (Å²) in [5.41, 5.74) is 0.535. The smallest absolute Gasteiger partial charge is 0.422 e. The Morgan fingerprint density at radius 2 is 1.63 bits per heavy atom. The van der Waals surface area contributed by atoms with Crippen molar-refractivity contribution in [2.75, 3.05) is 27.9 Å². The van der Waals surface area contributed by atoms with Crippen molar-refractivity contribution < 1.29 is 36.9 Å². The van der Waals surface area contributed by atoms with Crippen LogP contribution in [0, 0.1) is 11.3 Å². The van der Waals surface area contributed by atoms with E-state index in [1.165, 1.54) is 57.7 Å². The lowest BCUT2D eigenvalue weighted by Crippen LogP contribution is -2.27. The van der Waals surface area contributed by atoms with Gasteiger partial charge in [0, 0.05) is 5.56 Å². The predicted octanol–water partition coefficient (Wildman–Crippen LogP) is 3.65. The highest BCUT2D eigenvalue weighted by Gasteiger charge is 2.28. The second-order valence-corrected chi connectivity index (χ2v) is 5.92. The number of carbonyl (C=O) groups is 1. The number of amides is 1. The van der Waals surface area contributed by atoms with E-state index in [4.69, 9.17) is 14.2 Å². The molecule has 1 unspecified atom stereocenters. The van der Waals surface area contributed by atoms with E-state index in [0.29, 0.717) is 22.8 Å². The molecule has 1 atom stereocenters. The molecule has 0 fully saturated rings. The monoisotopic (exact) mass is 424 g/mol. The quantitative estimate of drug-likeness (QED) is 0.696. The average molecular weight is 424 g/mol. The first-order valence-electron chi connectivity index (χ1n) is 8.52. The largest absolute Gasteiger partial charge is 0.493 e. The van der Waals surface area contributed by atoms with Gasteiger partial charge in [0.2, 0.25) is 5.75 Å². The molecule has 0 spiro atoms. The van der Waals surface area contributed by atoms with Gasteiger partial charge in [-0.1, -0.05) is 0 Å². The van der Waals surface area contributed by atoms with E-state index in [9.17, 15) is 23.2 Å². The minimum atomic E-state index is -4.46. The number of benzene rings is 2. The Kier molecular flexibility index (Phi) is 7.36. The van der Waals surface area contributed by atoms with Gasteiger partial charge in [0.25, 0.3) is 5.91 Å². The van der Waals surface area contributed by atoms with Gasteiger partial charge in [-0.25, -0.2) is 0 Å². The van der Waals surface area contributed by atoms with E-state index >= 15 is 0 Å². The molecule has 2 aromatic carbocycles. The van der Waals surface area contributed by atoms with Gasteiger partial charge in [0.05, 0.1) is 27.4 Å². The zero-order valence-electron chi connectivity index (χ0n) is 16.4. The number of ether oxygens (including phenoxy) is 4. The number of nitriles is 1. The van der Waals surface area contributed by atoms with Crippen LogP contribution < -0.4 is 24.3 Å². The van der Waals surface area contributed by atoms with E-state index in [-0.39, 0.29) is 11.3 Å². The van der Waals surface area contributed by atoms with Crippen molar-refractivity contribution in [3.05, 3.63) is 47.5 Å². The SMILES string of the molecule is COc1cc(C(C#N)NC(=O)c2ccc(OCC(F)(F)F)cc2)cc(OC)c1OC. The first-order chi connectivity index (χ1) is 14.2. The van der Waals surface area contributed by atoms with Crippen LogP contribution in [0.25, 0.3) is 0 Å². The second kappa shape index (κ2) is 9.73. The molecule has 1 N–H and O–H groups in total. The van der Waals surface area contributed by atoms with Crippen molar-refractivity contribution in [3.63, 3.8) is 0 Å². The van der Waals surface area contributed by atoms with Crippen molar-refractivity contribution >= 4 is 5.91 Å². The van der Waals surface area contributed by atoms with E-state index in [0.717, 1.165) is 0 Å². The van der Waals surface area contributed by atoms with Gasteiger partial charge >= 0.3 is 6.18 Å². The third-order valence-electron chi connectivity index (χ3n) is 3.94. The maximum absolute atomic E-state index is 12.5. The van der Waals surface area contributed by atoms with Gasteiger partial charge in [0.1, 0.15) is 11.8 Å². The molecule has 0 saturated heterocycles. The number of nitrogens with zero attached hydrogens (tertiary/aromatic N) is 1. The molecule has 2 aromatic rings. The van der Waals surface area contributed by atoms with Crippen LogP contribution in [0.1, 0.15) is 22.0 Å². The Balaban J connectivity index is 2.18. The van der Waals surface area contributed by atoms with Crippen molar-refractivity contribution in [1.29, 1.82) is 5.26 Å². The topological polar surface area (TPSA) is 89.8 Å². The number of alkyl halides is 3. The molecule has 0 aliphatic rings. The lowest BCUT2D eigenvalue weighted by atomic mass is 10.1. The third kappa shape index (κ3) is 5.70. The average Bonchev–Trinajstić information content (AvgIpc) is 2.74. The van der Waals surface area contributed by atoms with Crippen LogP contribution in [0.5, 0.6) is 23.0 Å². The number of rotatable bonds is 8. The minimum Gasteiger partial charge on any atom is -0.493 e. The Hall–Kier alpha value is -3.61. The fraction of sp³-hybridized carbons (Fsp3) is 0.300. The summed E-state index contributed by atoms with van der Waals surface area (Å²) in [4.78, 5) is 12.5. The molecule has 0 aliphatic heterocycles. The van der Waals surface area contributed by atoms with Gasteiger partial charge in [0.15, 0.2) is 18.1 Å². The summed E-state index contributed by atoms with van der Waals surface area (Å²) in [7, 11) is 4.28. The molecule has 0 aliphatic carbocycles. The summed E-state index contributed by atoms with van der Waals surface area (Å²) in [6.07, 6.45) is -4.46. The highest BCUT2D eigenvalue weighted by molar-refractivity contribution is 5.94. The summed E-state index contributed by atoms with van der Waals surface area (Å²) >= 11 is 0. The van der Waals surface area contributed by atoms with E-state index in [1.807, 2.05) is 6.07 Å². The lowest BCUT2D eigenvalue weighted by Gasteiger charge is -2.17. The molecule has 30 heavy (non-hydrogen) atoms. The Morgan fingerprint density at radius 1 is 1.07 bits per heavy atom. The van der Waals surface area contributed by atoms with Crippen molar-refractivity contribution in [3.8, 4) is 29.1 Å². The number of halogens is 3. The minimum absolute atomic E-state index is 0.0367. The zero-order valence-corrected chi connectivity index (χ0v) is 16.4. The van der Waals surface area contributed by atoms with Gasteiger partial charge < -0.3 is 24.3 Å². The third-order valence-corrected chi connectivity index (χ3v) is 3.94. The molecule has 1 amide bonds. The van der Waals surface area contributed by atoms with Gasteiger partial charge in [-0.15, -0.1) is 0 Å². The predicted molar refractivity (Wildman–Crippen MR) is 99.9 cm³/mol. The molecule has 0 aromatic heterocycles. The molecule has 7 nitrogen and oxygen atoms in total. The van der Waals surface area contributed by atoms with Crippen LogP contribution in [0.15, 0.2) is 36.4 Å². The maximum Gasteiger partial charge on any atom is 0.422 e. The van der Waals surface area contributed by atoms with Crippen LogP contribution in [0.4, 0.5) is 13.2 Å². The molecular weight excluding hydrogens is 405 g/mol. The van der Waals surface area contributed by atoms with Crippen LogP contribution >= 0.6 is 0 Å². The summed E-state index contributed by atoms with van der Waals surface area (Å²) < 4.78 is 56.9. The van der Waals surface area contributed by atoms with Crippen LogP contribution in [0.2, 0.25) is 0 Å². The molecule has 10 heteroatoms. The fourth-order valence-corrected chi connectivity index (χ4v) is 2.54. The molecule has 2 rings (SSSR count). The summed E-state index contributed by atoms with van der Waals surface area (Å²) in [5, 5.41) is 12.1. The van der Waals surface area contributed by atoms with Gasteiger partial charge in [-0.3, -0.25) is 4.79 Å². The second-order valence-electron chi connectivity index (χ2n) is 5.92. The van der Waals surface area contributed by atoms with Gasteiger partial charge in [-0.05, 0) is 42.0 Å². The van der Waals surface area contributed by atoms with Crippen molar-refractivity contribution in [2.24, 2.45) is 0 Å². The molecule has 0 saturated carbocycles. The number of carbonyl (C=O) groups excluding carboxylic acids is 1. The number of hydrogen-bond acceptors (Lipinski definition) is 6. The number of methoxy groups -OCH3 is 3. The van der Waals surface area contributed by atoms with Crippen molar-refractivity contribution in [2.45, 2.75) is 12.2 Å². The highest BCUT2D eigenvalue weighted by atomic mass is 19.4.